The molecule has 0 spiro atoms. The fourth-order valence-corrected chi connectivity index (χ4v) is 4.16. The molecule has 0 aliphatic carbocycles. The van der Waals surface area contributed by atoms with E-state index in [1.54, 1.807) is 66.7 Å². The molecule has 4 aromatic carbocycles. The summed E-state index contributed by atoms with van der Waals surface area (Å²) in [4.78, 5) is 39.6. The van der Waals surface area contributed by atoms with Crippen LogP contribution in [0.1, 0.15) is 22.3 Å². The summed E-state index contributed by atoms with van der Waals surface area (Å²) in [6.45, 7) is 0.372. The molecule has 0 saturated carbocycles. The third kappa shape index (κ3) is 5.37. The summed E-state index contributed by atoms with van der Waals surface area (Å²) in [5.74, 6) is -1.32. The number of hydrogen-bond donors (Lipinski definition) is 1. The third-order valence-electron chi connectivity index (χ3n) is 6.14. The number of rotatable bonds is 7. The van der Waals surface area contributed by atoms with E-state index in [9.17, 15) is 18.8 Å². The lowest BCUT2D eigenvalue weighted by molar-refractivity contribution is -0.122. The minimum Gasteiger partial charge on any atom is -0.489 e. The highest BCUT2D eigenvalue weighted by Crippen LogP contribution is 2.26. The molecule has 188 valence electrons. The number of carbonyl (C=O) groups excluding carboxylic acids is 3. The number of carbonyl (C=O) groups is 3. The number of hydrogen-bond acceptors (Lipinski definition) is 4. The number of barbiturate groups is 1. The topological polar surface area (TPSA) is 75.7 Å². The first-order valence-electron chi connectivity index (χ1n) is 12.0. The highest BCUT2D eigenvalue weighted by Gasteiger charge is 2.37. The molecule has 4 amide bonds. The Morgan fingerprint density at radius 2 is 1.42 bits per heavy atom. The second-order valence-corrected chi connectivity index (χ2v) is 8.69. The van der Waals surface area contributed by atoms with E-state index in [1.165, 1.54) is 12.1 Å². The molecule has 0 bridgehead atoms. The van der Waals surface area contributed by atoms with Crippen molar-refractivity contribution in [1.82, 2.24) is 5.32 Å². The predicted octanol–water partition coefficient (Wildman–Crippen LogP) is 5.66. The molecule has 4 aromatic rings. The van der Waals surface area contributed by atoms with E-state index in [4.69, 9.17) is 4.74 Å². The maximum Gasteiger partial charge on any atom is 0.335 e. The molecule has 5 rings (SSSR count). The maximum atomic E-state index is 14.2. The van der Waals surface area contributed by atoms with Gasteiger partial charge in [0.2, 0.25) is 0 Å². The molecule has 1 saturated heterocycles. The van der Waals surface area contributed by atoms with Crippen molar-refractivity contribution in [2.75, 3.05) is 4.90 Å². The van der Waals surface area contributed by atoms with Crippen LogP contribution in [-0.2, 0) is 22.6 Å². The minimum atomic E-state index is -0.838. The van der Waals surface area contributed by atoms with E-state index in [-0.39, 0.29) is 23.5 Å². The number of imide groups is 2. The van der Waals surface area contributed by atoms with Gasteiger partial charge < -0.3 is 4.74 Å². The van der Waals surface area contributed by atoms with Gasteiger partial charge in [-0.3, -0.25) is 14.9 Å². The fourth-order valence-electron chi connectivity index (χ4n) is 4.16. The van der Waals surface area contributed by atoms with Crippen LogP contribution >= 0.6 is 0 Å². The molecule has 0 unspecified atom stereocenters. The predicted molar refractivity (Wildman–Crippen MR) is 142 cm³/mol. The summed E-state index contributed by atoms with van der Waals surface area (Å²) in [7, 11) is 0. The Labute approximate surface area is 219 Å². The summed E-state index contributed by atoms with van der Waals surface area (Å²) >= 11 is 0. The zero-order valence-electron chi connectivity index (χ0n) is 20.3. The zero-order chi connectivity index (χ0) is 26.5. The number of amides is 4. The van der Waals surface area contributed by atoms with Crippen molar-refractivity contribution < 1.29 is 23.5 Å². The average Bonchev–Trinajstić information content (AvgIpc) is 2.93. The molecule has 1 fully saturated rings. The molecule has 1 N–H and O–H groups in total. The van der Waals surface area contributed by atoms with Crippen LogP contribution in [-0.4, -0.2) is 17.8 Å². The highest BCUT2D eigenvalue weighted by molar-refractivity contribution is 6.39. The lowest BCUT2D eigenvalue weighted by Crippen LogP contribution is -2.54. The molecular weight excluding hydrogens is 483 g/mol. The molecule has 0 aromatic heterocycles. The highest BCUT2D eigenvalue weighted by atomic mass is 19.1. The Balaban J connectivity index is 1.38. The van der Waals surface area contributed by atoms with Crippen molar-refractivity contribution in [3.05, 3.63) is 137 Å². The fraction of sp³-hybridized carbons (Fsp3) is 0.0645. The number of benzene rings is 4. The van der Waals surface area contributed by atoms with E-state index in [0.717, 1.165) is 16.0 Å². The first-order valence-corrected chi connectivity index (χ1v) is 12.0. The van der Waals surface area contributed by atoms with Crippen LogP contribution in [0.3, 0.4) is 0 Å². The largest absolute Gasteiger partial charge is 0.489 e. The number of anilines is 1. The van der Waals surface area contributed by atoms with Crippen LogP contribution in [0.2, 0.25) is 0 Å². The standard InChI is InChI=1S/C31H23FN2O4/c32-28-13-7-6-12-24(28)18-22-10-4-5-11-23(22)19-27-29(35)33-31(37)34(30(27)36)25-14-16-26(17-15-25)38-20-21-8-2-1-3-9-21/h1-17,19H,18,20H2,(H,33,35,37)/b27-19+. The Kier molecular flexibility index (Phi) is 7.08. The maximum absolute atomic E-state index is 14.2. The quantitative estimate of drug-likeness (QED) is 0.259. The first-order chi connectivity index (χ1) is 18.5. The van der Waals surface area contributed by atoms with Gasteiger partial charge in [0.15, 0.2) is 0 Å². The molecule has 0 atom stereocenters. The van der Waals surface area contributed by atoms with Gasteiger partial charge in [-0.2, -0.15) is 0 Å². The van der Waals surface area contributed by atoms with Gasteiger partial charge in [0.25, 0.3) is 11.8 Å². The van der Waals surface area contributed by atoms with Gasteiger partial charge in [0.1, 0.15) is 23.7 Å². The lowest BCUT2D eigenvalue weighted by Gasteiger charge is -2.26. The normalized spacial score (nSPS) is 14.5. The Hall–Kier alpha value is -5.04. The van der Waals surface area contributed by atoms with E-state index in [0.29, 0.717) is 23.5 Å². The van der Waals surface area contributed by atoms with E-state index >= 15 is 0 Å². The SMILES string of the molecule is O=C1NC(=O)N(c2ccc(OCc3ccccc3)cc2)C(=O)/C1=C/c1ccccc1Cc1ccccc1F. The third-order valence-corrected chi connectivity index (χ3v) is 6.14. The minimum absolute atomic E-state index is 0.199. The van der Waals surface area contributed by atoms with Crippen molar-refractivity contribution in [2.45, 2.75) is 13.0 Å². The van der Waals surface area contributed by atoms with Crippen LogP contribution in [0, 0.1) is 5.82 Å². The van der Waals surface area contributed by atoms with Gasteiger partial charge in [0, 0.05) is 6.42 Å². The zero-order valence-corrected chi connectivity index (χ0v) is 20.3. The van der Waals surface area contributed by atoms with E-state index in [2.05, 4.69) is 5.32 Å². The van der Waals surface area contributed by atoms with Crippen molar-refractivity contribution >= 4 is 29.6 Å². The molecule has 6 nitrogen and oxygen atoms in total. The van der Waals surface area contributed by atoms with Gasteiger partial charge in [-0.15, -0.1) is 0 Å². The second kappa shape index (κ2) is 10.9. The van der Waals surface area contributed by atoms with Crippen LogP contribution in [0.15, 0.2) is 109 Å². The number of nitrogens with one attached hydrogen (secondary N) is 1. The molecule has 7 heteroatoms. The van der Waals surface area contributed by atoms with Gasteiger partial charge in [-0.25, -0.2) is 14.1 Å². The molecular formula is C31H23FN2O4. The van der Waals surface area contributed by atoms with Gasteiger partial charge in [-0.1, -0.05) is 72.8 Å². The van der Waals surface area contributed by atoms with E-state index in [1.807, 2.05) is 30.3 Å². The lowest BCUT2D eigenvalue weighted by atomic mass is 9.97. The van der Waals surface area contributed by atoms with Crippen LogP contribution in [0.4, 0.5) is 14.9 Å². The molecule has 1 aliphatic heterocycles. The first kappa shape index (κ1) is 24.6. The van der Waals surface area contributed by atoms with Crippen molar-refractivity contribution in [3.8, 4) is 5.75 Å². The molecule has 38 heavy (non-hydrogen) atoms. The Morgan fingerprint density at radius 3 is 2.16 bits per heavy atom. The Bertz CT molecular complexity index is 1530. The average molecular weight is 507 g/mol. The van der Waals surface area contributed by atoms with Crippen molar-refractivity contribution in [2.24, 2.45) is 0 Å². The molecule has 1 heterocycles. The van der Waals surface area contributed by atoms with Gasteiger partial charge in [-0.05, 0) is 58.7 Å². The van der Waals surface area contributed by atoms with Crippen LogP contribution in [0.25, 0.3) is 6.08 Å². The smallest absolute Gasteiger partial charge is 0.335 e. The summed E-state index contributed by atoms with van der Waals surface area (Å²) in [5.41, 5.74) is 2.89. The second-order valence-electron chi connectivity index (χ2n) is 8.69. The van der Waals surface area contributed by atoms with Crippen LogP contribution < -0.4 is 15.0 Å². The summed E-state index contributed by atoms with van der Waals surface area (Å²) in [6.07, 6.45) is 1.71. The summed E-state index contributed by atoms with van der Waals surface area (Å²) < 4.78 is 20.0. The number of halogens is 1. The number of nitrogens with zero attached hydrogens (tertiary/aromatic N) is 1. The summed E-state index contributed by atoms with van der Waals surface area (Å²) in [5, 5.41) is 2.24. The van der Waals surface area contributed by atoms with Crippen LogP contribution in [0.5, 0.6) is 5.75 Å². The number of ether oxygens (including phenoxy) is 1. The monoisotopic (exact) mass is 506 g/mol. The van der Waals surface area contributed by atoms with Gasteiger partial charge >= 0.3 is 6.03 Å². The Morgan fingerprint density at radius 1 is 0.763 bits per heavy atom. The number of urea groups is 1. The molecule has 0 radical (unpaired) electrons. The van der Waals surface area contributed by atoms with E-state index < -0.39 is 17.8 Å². The molecule has 1 aliphatic rings. The van der Waals surface area contributed by atoms with Crippen molar-refractivity contribution in [1.29, 1.82) is 0 Å². The van der Waals surface area contributed by atoms with Crippen molar-refractivity contribution in [3.63, 3.8) is 0 Å². The van der Waals surface area contributed by atoms with Gasteiger partial charge in [0.05, 0.1) is 5.69 Å². The summed E-state index contributed by atoms with van der Waals surface area (Å²) in [6, 6.07) is 28.9.